The molecule has 0 amide bonds. The Bertz CT molecular complexity index is 127. The third-order valence-corrected chi connectivity index (χ3v) is 1.12. The van der Waals surface area contributed by atoms with Crippen molar-refractivity contribution in [3.05, 3.63) is 0 Å². The Balaban J connectivity index is 0. The van der Waals surface area contributed by atoms with Crippen LogP contribution in [0.1, 0.15) is 13.8 Å². The van der Waals surface area contributed by atoms with Crippen LogP contribution < -0.4 is 0 Å². The molecule has 0 aliphatic heterocycles. The van der Waals surface area contributed by atoms with Gasteiger partial charge < -0.3 is 5.11 Å². The van der Waals surface area contributed by atoms with Gasteiger partial charge in [0.15, 0.2) is 0 Å². The minimum Gasteiger partial charge on any atom is -0.400 e. The van der Waals surface area contributed by atoms with Crippen molar-refractivity contribution in [2.24, 2.45) is 0 Å². The van der Waals surface area contributed by atoms with Crippen LogP contribution in [0, 0.1) is 0 Å². The standard InChI is InChI=1S/C4H11O6P.CH4O/c1-3-7-9-11(5,6)10-8-4-2;1-2/h3-4H2,1-2H3,(H,5,6);2H,1H3. The topological polar surface area (TPSA) is 94.5 Å². The molecule has 0 unspecified atom stereocenters. The first-order valence-corrected chi connectivity index (χ1v) is 5.02. The molecule has 0 atom stereocenters. The summed E-state index contributed by atoms with van der Waals surface area (Å²) in [5.74, 6) is 0. The molecule has 0 bridgehead atoms. The predicted octanol–water partition coefficient (Wildman–Crippen LogP) is 0.631. The van der Waals surface area contributed by atoms with E-state index in [0.717, 1.165) is 7.11 Å². The fourth-order valence-electron chi connectivity index (χ4n) is 0.251. The van der Waals surface area contributed by atoms with Crippen molar-refractivity contribution in [2.75, 3.05) is 20.3 Å². The first-order chi connectivity index (χ1) is 6.12. The van der Waals surface area contributed by atoms with Gasteiger partial charge in [-0.15, -0.1) is 9.35 Å². The summed E-state index contributed by atoms with van der Waals surface area (Å²) >= 11 is 0. The van der Waals surface area contributed by atoms with E-state index in [2.05, 4.69) is 19.1 Å². The van der Waals surface area contributed by atoms with Gasteiger partial charge in [0.1, 0.15) is 0 Å². The van der Waals surface area contributed by atoms with Crippen LogP contribution in [-0.4, -0.2) is 30.3 Å². The number of phosphoric acid groups is 1. The van der Waals surface area contributed by atoms with Crippen molar-refractivity contribution in [1.82, 2.24) is 0 Å². The predicted molar refractivity (Wildman–Crippen MR) is 43.4 cm³/mol. The molecule has 0 aromatic heterocycles. The van der Waals surface area contributed by atoms with Crippen LogP contribution in [0.2, 0.25) is 0 Å². The van der Waals surface area contributed by atoms with Gasteiger partial charge in [-0.05, 0) is 13.8 Å². The Labute approximate surface area is 76.7 Å². The average Bonchev–Trinajstić information content (AvgIpc) is 2.15. The van der Waals surface area contributed by atoms with Gasteiger partial charge in [-0.25, -0.2) is 14.3 Å². The molecule has 0 aromatic carbocycles. The van der Waals surface area contributed by atoms with Crippen molar-refractivity contribution in [1.29, 1.82) is 0 Å². The highest BCUT2D eigenvalue weighted by Crippen LogP contribution is 2.43. The van der Waals surface area contributed by atoms with Gasteiger partial charge >= 0.3 is 7.82 Å². The maximum absolute atomic E-state index is 10.6. The maximum Gasteiger partial charge on any atom is 0.526 e. The summed E-state index contributed by atoms with van der Waals surface area (Å²) in [6.45, 7) is 3.50. The van der Waals surface area contributed by atoms with Crippen LogP contribution in [0.15, 0.2) is 0 Å². The number of hydrogen-bond donors (Lipinski definition) is 2. The molecule has 0 fully saturated rings. The molecular formula is C5H15O7P. The molecule has 0 aliphatic rings. The smallest absolute Gasteiger partial charge is 0.400 e. The summed E-state index contributed by atoms with van der Waals surface area (Å²) in [4.78, 5) is 17.0. The number of aliphatic hydroxyl groups is 1. The Morgan fingerprint density at radius 2 is 1.38 bits per heavy atom. The van der Waals surface area contributed by atoms with Crippen molar-refractivity contribution in [2.45, 2.75) is 13.8 Å². The van der Waals surface area contributed by atoms with Crippen LogP contribution in [0.3, 0.4) is 0 Å². The van der Waals surface area contributed by atoms with E-state index >= 15 is 0 Å². The van der Waals surface area contributed by atoms with Crippen molar-refractivity contribution >= 4 is 7.82 Å². The normalized spacial score (nSPS) is 10.5. The molecule has 0 rings (SSSR count). The maximum atomic E-state index is 10.6. The van der Waals surface area contributed by atoms with E-state index < -0.39 is 7.82 Å². The molecule has 82 valence electrons. The molecule has 0 aliphatic carbocycles. The lowest BCUT2D eigenvalue weighted by Crippen LogP contribution is -1.97. The third-order valence-electron chi connectivity index (χ3n) is 0.529. The monoisotopic (exact) mass is 218 g/mol. The summed E-state index contributed by atoms with van der Waals surface area (Å²) in [5, 5.41) is 7.00. The Kier molecular flexibility index (Phi) is 12.0. The zero-order chi connectivity index (χ0) is 10.7. The minimum atomic E-state index is -4.17. The molecule has 0 saturated heterocycles. The molecule has 2 N–H and O–H groups in total. The SMILES string of the molecule is CCOOP(=O)(O)OOCC.CO. The second-order valence-corrected chi connectivity index (χ2v) is 2.67. The van der Waals surface area contributed by atoms with E-state index in [4.69, 9.17) is 10.00 Å². The molecule has 7 nitrogen and oxygen atoms in total. The lowest BCUT2D eigenvalue weighted by molar-refractivity contribution is -0.275. The summed E-state index contributed by atoms with van der Waals surface area (Å²) in [7, 11) is -3.17. The minimum absolute atomic E-state index is 0.153. The molecule has 0 aromatic rings. The Hall–Kier alpha value is -0.0100. The lowest BCUT2D eigenvalue weighted by atomic mass is 10.9. The lowest BCUT2D eigenvalue weighted by Gasteiger charge is -2.07. The van der Waals surface area contributed by atoms with Gasteiger partial charge in [0.05, 0.1) is 13.2 Å². The average molecular weight is 218 g/mol. The van der Waals surface area contributed by atoms with E-state index in [0.29, 0.717) is 0 Å². The quantitative estimate of drug-likeness (QED) is 0.383. The summed E-state index contributed by atoms with van der Waals surface area (Å²) in [6.07, 6.45) is 0. The first-order valence-electron chi connectivity index (χ1n) is 3.52. The molecule has 8 heteroatoms. The van der Waals surface area contributed by atoms with E-state index in [1.165, 1.54) is 0 Å². The van der Waals surface area contributed by atoms with Crippen molar-refractivity contribution in [3.63, 3.8) is 0 Å². The van der Waals surface area contributed by atoms with Crippen LogP contribution in [0.5, 0.6) is 0 Å². The summed E-state index contributed by atoms with van der Waals surface area (Å²) in [5.41, 5.74) is 0. The largest absolute Gasteiger partial charge is 0.526 e. The van der Waals surface area contributed by atoms with Gasteiger partial charge in [-0.2, -0.15) is 0 Å². The van der Waals surface area contributed by atoms with Crippen LogP contribution >= 0.6 is 7.82 Å². The highest BCUT2D eigenvalue weighted by Gasteiger charge is 2.23. The number of hydrogen-bond acceptors (Lipinski definition) is 6. The molecule has 0 heterocycles. The van der Waals surface area contributed by atoms with Crippen LogP contribution in [-0.2, 0) is 23.7 Å². The van der Waals surface area contributed by atoms with Crippen molar-refractivity contribution < 1.29 is 33.7 Å². The van der Waals surface area contributed by atoms with E-state index in [1.807, 2.05) is 0 Å². The van der Waals surface area contributed by atoms with Crippen molar-refractivity contribution in [3.8, 4) is 0 Å². The number of rotatable bonds is 6. The zero-order valence-electron chi connectivity index (χ0n) is 7.80. The second-order valence-electron chi connectivity index (χ2n) is 1.43. The Morgan fingerprint density at radius 3 is 1.62 bits per heavy atom. The second kappa shape index (κ2) is 10.1. The van der Waals surface area contributed by atoms with Gasteiger partial charge in [-0.3, -0.25) is 4.89 Å². The Morgan fingerprint density at radius 1 is 1.08 bits per heavy atom. The molecule has 0 radical (unpaired) electrons. The highest BCUT2D eigenvalue weighted by atomic mass is 31.2. The molecular weight excluding hydrogens is 203 g/mol. The van der Waals surface area contributed by atoms with E-state index in [-0.39, 0.29) is 13.2 Å². The fourth-order valence-corrected chi connectivity index (χ4v) is 0.753. The number of aliphatic hydroxyl groups excluding tert-OH is 1. The summed E-state index contributed by atoms with van der Waals surface area (Å²) in [6, 6.07) is 0. The third kappa shape index (κ3) is 12.0. The molecule has 0 saturated carbocycles. The first kappa shape index (κ1) is 15.5. The van der Waals surface area contributed by atoms with E-state index in [9.17, 15) is 4.57 Å². The zero-order valence-corrected chi connectivity index (χ0v) is 8.69. The van der Waals surface area contributed by atoms with Gasteiger partial charge in [-0.1, -0.05) is 0 Å². The molecule has 0 spiro atoms. The van der Waals surface area contributed by atoms with Gasteiger partial charge in [0, 0.05) is 7.11 Å². The fraction of sp³-hybridized carbons (Fsp3) is 1.00. The molecule has 13 heavy (non-hydrogen) atoms. The van der Waals surface area contributed by atoms with Gasteiger partial charge in [0.25, 0.3) is 0 Å². The van der Waals surface area contributed by atoms with Crippen LogP contribution in [0.25, 0.3) is 0 Å². The van der Waals surface area contributed by atoms with E-state index in [1.54, 1.807) is 13.8 Å². The highest BCUT2D eigenvalue weighted by molar-refractivity contribution is 7.47. The van der Waals surface area contributed by atoms with Crippen LogP contribution in [0.4, 0.5) is 0 Å². The summed E-state index contributed by atoms with van der Waals surface area (Å²) < 4.78 is 18.5. The van der Waals surface area contributed by atoms with Gasteiger partial charge in [0.2, 0.25) is 0 Å².